The number of benzene rings is 2. The second-order valence-electron chi connectivity index (χ2n) is 4.53. The van der Waals surface area contributed by atoms with Crippen LogP contribution in [-0.4, -0.2) is 11.7 Å². The van der Waals surface area contributed by atoms with Crippen molar-refractivity contribution in [3.05, 3.63) is 62.8 Å². The average molecular weight is 359 g/mol. The van der Waals surface area contributed by atoms with Gasteiger partial charge in [-0.2, -0.15) is 0 Å². The average Bonchev–Trinajstić information content (AvgIpc) is 2.41. The standard InChI is InChI=1S/C15H14BrClFNO/c1-9-5-12(16)14(7-13(9)17)19-8-15(20)10-3-2-4-11(18)6-10/h2-7,15,19-20H,8H2,1H3. The Kier molecular flexibility index (Phi) is 5.02. The molecule has 20 heavy (non-hydrogen) atoms. The predicted molar refractivity (Wildman–Crippen MR) is 83.7 cm³/mol. The van der Waals surface area contributed by atoms with E-state index in [9.17, 15) is 9.50 Å². The fourth-order valence-corrected chi connectivity index (χ4v) is 2.58. The van der Waals surface area contributed by atoms with Gasteiger partial charge in [-0.3, -0.25) is 0 Å². The fraction of sp³-hybridized carbons (Fsp3) is 0.200. The van der Waals surface area contributed by atoms with Crippen molar-refractivity contribution in [2.75, 3.05) is 11.9 Å². The van der Waals surface area contributed by atoms with Gasteiger partial charge in [-0.25, -0.2) is 4.39 Å². The molecule has 0 saturated carbocycles. The van der Waals surface area contributed by atoms with E-state index in [1.807, 2.05) is 13.0 Å². The molecule has 0 fully saturated rings. The van der Waals surface area contributed by atoms with Gasteiger partial charge in [0, 0.05) is 16.0 Å². The number of halogens is 3. The second kappa shape index (κ2) is 6.57. The van der Waals surface area contributed by atoms with Crippen LogP contribution in [0.3, 0.4) is 0 Å². The van der Waals surface area contributed by atoms with Crippen LogP contribution in [0.5, 0.6) is 0 Å². The lowest BCUT2D eigenvalue weighted by atomic mass is 10.1. The molecular weight excluding hydrogens is 345 g/mol. The lowest BCUT2D eigenvalue weighted by molar-refractivity contribution is 0.191. The van der Waals surface area contributed by atoms with Crippen LogP contribution in [0, 0.1) is 12.7 Å². The Morgan fingerprint density at radius 2 is 2.10 bits per heavy atom. The van der Waals surface area contributed by atoms with Crippen LogP contribution in [0.2, 0.25) is 5.02 Å². The van der Waals surface area contributed by atoms with Gasteiger partial charge in [-0.1, -0.05) is 23.7 Å². The first-order valence-electron chi connectivity index (χ1n) is 6.10. The van der Waals surface area contributed by atoms with Crippen molar-refractivity contribution in [3.8, 4) is 0 Å². The number of hydrogen-bond acceptors (Lipinski definition) is 2. The smallest absolute Gasteiger partial charge is 0.123 e. The lowest BCUT2D eigenvalue weighted by Crippen LogP contribution is -2.12. The van der Waals surface area contributed by atoms with E-state index in [0.29, 0.717) is 10.6 Å². The van der Waals surface area contributed by atoms with Crippen LogP contribution in [0.1, 0.15) is 17.2 Å². The molecule has 0 amide bonds. The SMILES string of the molecule is Cc1cc(Br)c(NCC(O)c2cccc(F)c2)cc1Cl. The summed E-state index contributed by atoms with van der Waals surface area (Å²) in [5.41, 5.74) is 2.29. The molecular formula is C15H14BrClFNO. The largest absolute Gasteiger partial charge is 0.387 e. The third-order valence-corrected chi connectivity index (χ3v) is 4.03. The number of hydrogen-bond donors (Lipinski definition) is 2. The second-order valence-corrected chi connectivity index (χ2v) is 5.79. The summed E-state index contributed by atoms with van der Waals surface area (Å²) in [5.74, 6) is -0.360. The fourth-order valence-electron chi connectivity index (χ4n) is 1.82. The van der Waals surface area contributed by atoms with Crippen LogP contribution in [-0.2, 0) is 0 Å². The molecule has 0 saturated heterocycles. The van der Waals surface area contributed by atoms with E-state index in [-0.39, 0.29) is 12.4 Å². The monoisotopic (exact) mass is 357 g/mol. The van der Waals surface area contributed by atoms with Gasteiger partial charge in [-0.05, 0) is 58.2 Å². The Morgan fingerprint density at radius 3 is 2.80 bits per heavy atom. The highest BCUT2D eigenvalue weighted by molar-refractivity contribution is 9.10. The minimum Gasteiger partial charge on any atom is -0.387 e. The maximum Gasteiger partial charge on any atom is 0.123 e. The van der Waals surface area contributed by atoms with Crippen molar-refractivity contribution in [3.63, 3.8) is 0 Å². The molecule has 0 aliphatic heterocycles. The van der Waals surface area contributed by atoms with Crippen molar-refractivity contribution in [1.82, 2.24) is 0 Å². The van der Waals surface area contributed by atoms with Gasteiger partial charge in [-0.15, -0.1) is 0 Å². The summed E-state index contributed by atoms with van der Waals surface area (Å²) in [6.07, 6.45) is -0.794. The van der Waals surface area contributed by atoms with Crippen molar-refractivity contribution in [1.29, 1.82) is 0 Å². The quantitative estimate of drug-likeness (QED) is 0.830. The molecule has 0 aliphatic carbocycles. The van der Waals surface area contributed by atoms with Crippen molar-refractivity contribution < 1.29 is 9.50 Å². The summed E-state index contributed by atoms with van der Waals surface area (Å²) in [7, 11) is 0. The number of aliphatic hydroxyl groups is 1. The van der Waals surface area contributed by atoms with Crippen molar-refractivity contribution in [2.45, 2.75) is 13.0 Å². The Bertz CT molecular complexity index is 621. The van der Waals surface area contributed by atoms with Crippen molar-refractivity contribution in [2.24, 2.45) is 0 Å². The van der Waals surface area contributed by atoms with Gasteiger partial charge in [0.2, 0.25) is 0 Å². The Balaban J connectivity index is 2.07. The molecule has 2 aromatic rings. The summed E-state index contributed by atoms with van der Waals surface area (Å²) >= 11 is 9.50. The number of aryl methyl sites for hydroxylation is 1. The number of anilines is 1. The van der Waals surface area contributed by atoms with Crippen LogP contribution in [0.4, 0.5) is 10.1 Å². The summed E-state index contributed by atoms with van der Waals surface area (Å²) in [4.78, 5) is 0. The van der Waals surface area contributed by atoms with Gasteiger partial charge in [0.25, 0.3) is 0 Å². The predicted octanol–water partition coefficient (Wildman–Crippen LogP) is 4.70. The van der Waals surface area contributed by atoms with Gasteiger partial charge < -0.3 is 10.4 Å². The third-order valence-electron chi connectivity index (χ3n) is 2.97. The first-order valence-corrected chi connectivity index (χ1v) is 7.27. The zero-order valence-corrected chi connectivity index (χ0v) is 13.2. The lowest BCUT2D eigenvalue weighted by Gasteiger charge is -2.15. The molecule has 0 bridgehead atoms. The molecule has 2 nitrogen and oxygen atoms in total. The molecule has 106 valence electrons. The van der Waals surface area contributed by atoms with Crippen LogP contribution in [0.25, 0.3) is 0 Å². The maximum absolute atomic E-state index is 13.1. The van der Waals surface area contributed by atoms with Gasteiger partial charge >= 0.3 is 0 Å². The number of aliphatic hydroxyl groups excluding tert-OH is 1. The third kappa shape index (κ3) is 3.72. The molecule has 0 aromatic heterocycles. The number of rotatable bonds is 4. The summed E-state index contributed by atoms with van der Waals surface area (Å²) in [6.45, 7) is 2.18. The molecule has 2 N–H and O–H groups in total. The Hall–Kier alpha value is -1.10. The minimum atomic E-state index is -0.794. The Labute approximate surface area is 130 Å². The molecule has 0 radical (unpaired) electrons. The maximum atomic E-state index is 13.1. The molecule has 1 atom stereocenters. The van der Waals surface area contributed by atoms with E-state index in [1.165, 1.54) is 12.1 Å². The van der Waals surface area contributed by atoms with E-state index >= 15 is 0 Å². The van der Waals surface area contributed by atoms with E-state index in [2.05, 4.69) is 21.2 Å². The summed E-state index contributed by atoms with van der Waals surface area (Å²) in [6, 6.07) is 9.63. The van der Waals surface area contributed by atoms with Crippen LogP contribution in [0.15, 0.2) is 40.9 Å². The molecule has 1 unspecified atom stereocenters. The van der Waals surface area contributed by atoms with E-state index in [4.69, 9.17) is 11.6 Å². The normalized spacial score (nSPS) is 12.2. The molecule has 5 heteroatoms. The first kappa shape index (κ1) is 15.3. The zero-order chi connectivity index (χ0) is 14.7. The topological polar surface area (TPSA) is 32.3 Å². The summed E-state index contributed by atoms with van der Waals surface area (Å²) in [5, 5.41) is 13.8. The zero-order valence-electron chi connectivity index (χ0n) is 10.8. The first-order chi connectivity index (χ1) is 9.47. The van der Waals surface area contributed by atoms with Crippen LogP contribution < -0.4 is 5.32 Å². The van der Waals surface area contributed by atoms with E-state index in [1.54, 1.807) is 18.2 Å². The summed E-state index contributed by atoms with van der Waals surface area (Å²) < 4.78 is 14.0. The van der Waals surface area contributed by atoms with Crippen molar-refractivity contribution >= 4 is 33.2 Å². The highest BCUT2D eigenvalue weighted by Gasteiger charge is 2.10. The molecule has 2 aromatic carbocycles. The molecule has 0 heterocycles. The number of nitrogens with one attached hydrogen (secondary N) is 1. The van der Waals surface area contributed by atoms with Crippen LogP contribution >= 0.6 is 27.5 Å². The van der Waals surface area contributed by atoms with Gasteiger partial charge in [0.1, 0.15) is 5.82 Å². The molecule has 0 aliphatic rings. The highest BCUT2D eigenvalue weighted by atomic mass is 79.9. The Morgan fingerprint density at radius 1 is 1.35 bits per heavy atom. The highest BCUT2D eigenvalue weighted by Crippen LogP contribution is 2.29. The molecule has 2 rings (SSSR count). The van der Waals surface area contributed by atoms with Gasteiger partial charge in [0.15, 0.2) is 0 Å². The van der Waals surface area contributed by atoms with Gasteiger partial charge in [0.05, 0.1) is 11.8 Å². The minimum absolute atomic E-state index is 0.265. The van der Waals surface area contributed by atoms with E-state index in [0.717, 1.165) is 15.7 Å². The van der Waals surface area contributed by atoms with E-state index < -0.39 is 6.10 Å². The molecule has 0 spiro atoms.